The topological polar surface area (TPSA) is 41.6 Å². The van der Waals surface area contributed by atoms with Crippen molar-refractivity contribution >= 4 is 23.0 Å². The van der Waals surface area contributed by atoms with Gasteiger partial charge in [-0.1, -0.05) is 42.0 Å². The lowest BCUT2D eigenvalue weighted by Crippen LogP contribution is -2.31. The highest BCUT2D eigenvalue weighted by Crippen LogP contribution is 2.32. The van der Waals surface area contributed by atoms with Crippen LogP contribution in [0.25, 0.3) is 0 Å². The van der Waals surface area contributed by atoms with E-state index in [1.807, 2.05) is 0 Å². The number of nitrogens with zero attached hydrogens (tertiary/aromatic N) is 2. The summed E-state index contributed by atoms with van der Waals surface area (Å²) in [5, 5.41) is 6.78. The number of aryl methyl sites for hydroxylation is 3. The van der Waals surface area contributed by atoms with Gasteiger partial charge < -0.3 is 5.73 Å². The maximum atomic E-state index is 5.90. The molecule has 3 rings (SSSR count). The summed E-state index contributed by atoms with van der Waals surface area (Å²) in [7, 11) is 0. The Kier molecular flexibility index (Phi) is 4.18. The van der Waals surface area contributed by atoms with Crippen molar-refractivity contribution < 1.29 is 0 Å². The monoisotopic (exact) mass is 323 g/mol. The van der Waals surface area contributed by atoms with E-state index in [4.69, 9.17) is 23.1 Å². The lowest BCUT2D eigenvalue weighted by atomic mass is 9.96. The zero-order valence-corrected chi connectivity index (χ0v) is 14.5. The fourth-order valence-electron chi connectivity index (χ4n) is 2.86. The van der Waals surface area contributed by atoms with E-state index >= 15 is 0 Å². The number of hydrogen-bond acceptors (Lipinski definition) is 2. The van der Waals surface area contributed by atoms with E-state index in [-0.39, 0.29) is 6.04 Å². The van der Waals surface area contributed by atoms with Crippen molar-refractivity contribution in [1.29, 1.82) is 0 Å². The molecule has 0 fully saturated rings. The first-order valence-corrected chi connectivity index (χ1v) is 8.17. The van der Waals surface area contributed by atoms with Crippen molar-refractivity contribution in [3.8, 4) is 0 Å². The average Bonchev–Trinajstić information content (AvgIpc) is 2.96. The van der Waals surface area contributed by atoms with Gasteiger partial charge in [0.1, 0.15) is 0 Å². The van der Waals surface area contributed by atoms with E-state index in [0.717, 1.165) is 17.7 Å². The molecule has 0 aliphatic carbocycles. The Balaban J connectivity index is 1.95. The van der Waals surface area contributed by atoms with Gasteiger partial charge in [0.05, 0.1) is 11.8 Å². The smallest absolute Gasteiger partial charge is 0.187 e. The summed E-state index contributed by atoms with van der Waals surface area (Å²) < 4.78 is 0. The van der Waals surface area contributed by atoms with Gasteiger partial charge in [0.15, 0.2) is 5.11 Å². The second kappa shape index (κ2) is 6.13. The number of nitrogens with two attached hydrogens (primary N) is 1. The molecule has 0 bridgehead atoms. The molecule has 2 aromatic carbocycles. The van der Waals surface area contributed by atoms with E-state index in [2.05, 4.69) is 63.2 Å². The Morgan fingerprint density at radius 2 is 1.78 bits per heavy atom. The zero-order chi connectivity index (χ0) is 16.6. The molecule has 0 saturated heterocycles. The number of thiocarbonyl (C=S) groups is 1. The predicted molar refractivity (Wildman–Crippen MR) is 99.6 cm³/mol. The summed E-state index contributed by atoms with van der Waals surface area (Å²) in [4.78, 5) is 0. The van der Waals surface area contributed by atoms with Crippen molar-refractivity contribution in [3.63, 3.8) is 0 Å². The largest absolute Gasteiger partial charge is 0.375 e. The number of hydrogen-bond donors (Lipinski definition) is 1. The number of rotatable bonds is 2. The Morgan fingerprint density at radius 3 is 2.39 bits per heavy atom. The Bertz CT molecular complexity index is 778. The molecule has 0 spiro atoms. The predicted octanol–water partition coefficient (Wildman–Crippen LogP) is 4.01. The van der Waals surface area contributed by atoms with Crippen LogP contribution < -0.4 is 5.73 Å². The van der Waals surface area contributed by atoms with Gasteiger partial charge in [-0.15, -0.1) is 0 Å². The highest BCUT2D eigenvalue weighted by atomic mass is 32.1. The SMILES string of the molecule is Cc1ccc(C2CC(c3ccc(C)c(C)c3)=NN2C(N)=S)cc1. The lowest BCUT2D eigenvalue weighted by Gasteiger charge is -2.22. The van der Waals surface area contributed by atoms with Crippen LogP contribution in [-0.2, 0) is 0 Å². The zero-order valence-electron chi connectivity index (χ0n) is 13.7. The van der Waals surface area contributed by atoms with E-state index in [1.54, 1.807) is 5.01 Å². The first-order chi connectivity index (χ1) is 11.0. The van der Waals surface area contributed by atoms with Crippen LogP contribution in [0, 0.1) is 20.8 Å². The van der Waals surface area contributed by atoms with E-state index in [9.17, 15) is 0 Å². The fraction of sp³-hybridized carbons (Fsp3) is 0.263. The van der Waals surface area contributed by atoms with Crippen molar-refractivity contribution in [1.82, 2.24) is 5.01 Å². The van der Waals surface area contributed by atoms with Gasteiger partial charge in [0.2, 0.25) is 0 Å². The van der Waals surface area contributed by atoms with Crippen LogP contribution in [-0.4, -0.2) is 15.8 Å². The van der Waals surface area contributed by atoms with Crippen molar-refractivity contribution in [2.75, 3.05) is 0 Å². The van der Waals surface area contributed by atoms with Gasteiger partial charge in [-0.3, -0.25) is 0 Å². The first-order valence-electron chi connectivity index (χ1n) is 7.76. The molecule has 0 saturated carbocycles. The molecule has 1 unspecified atom stereocenters. The summed E-state index contributed by atoms with van der Waals surface area (Å²) in [5.74, 6) is 0. The first kappa shape index (κ1) is 15.7. The minimum absolute atomic E-state index is 0.0738. The maximum absolute atomic E-state index is 5.90. The molecular formula is C19H21N3S. The molecule has 1 aliphatic rings. The van der Waals surface area contributed by atoms with Gasteiger partial charge in [-0.25, -0.2) is 5.01 Å². The highest BCUT2D eigenvalue weighted by molar-refractivity contribution is 7.80. The van der Waals surface area contributed by atoms with Gasteiger partial charge in [-0.05, 0) is 61.3 Å². The van der Waals surface area contributed by atoms with Crippen molar-refractivity contribution in [2.24, 2.45) is 10.8 Å². The van der Waals surface area contributed by atoms with Gasteiger partial charge in [0.25, 0.3) is 0 Å². The van der Waals surface area contributed by atoms with Crippen LogP contribution in [0.15, 0.2) is 47.6 Å². The average molecular weight is 323 g/mol. The van der Waals surface area contributed by atoms with Crippen LogP contribution in [0.3, 0.4) is 0 Å². The Morgan fingerprint density at radius 1 is 1.09 bits per heavy atom. The summed E-state index contributed by atoms with van der Waals surface area (Å²) in [6, 6.07) is 15.0. The fourth-order valence-corrected chi connectivity index (χ4v) is 3.03. The quantitative estimate of drug-likeness (QED) is 0.849. The molecule has 4 heteroatoms. The van der Waals surface area contributed by atoms with Gasteiger partial charge in [0, 0.05) is 6.42 Å². The summed E-state index contributed by atoms with van der Waals surface area (Å²) in [5.41, 5.74) is 13.1. The number of benzene rings is 2. The molecule has 1 heterocycles. The third kappa shape index (κ3) is 3.13. The molecular weight excluding hydrogens is 302 g/mol. The lowest BCUT2D eigenvalue weighted by molar-refractivity contribution is 0.372. The van der Waals surface area contributed by atoms with Crippen LogP contribution in [0.4, 0.5) is 0 Å². The molecule has 3 nitrogen and oxygen atoms in total. The molecule has 0 amide bonds. The molecule has 1 aliphatic heterocycles. The minimum atomic E-state index is 0.0738. The molecule has 2 aromatic rings. The second-order valence-electron chi connectivity index (χ2n) is 6.16. The van der Waals surface area contributed by atoms with E-state index in [0.29, 0.717) is 5.11 Å². The van der Waals surface area contributed by atoms with Crippen LogP contribution in [0.2, 0.25) is 0 Å². The Hall–Kier alpha value is -2.20. The number of hydrazone groups is 1. The van der Waals surface area contributed by atoms with Crippen LogP contribution in [0.1, 0.15) is 40.3 Å². The summed E-state index contributed by atoms with van der Waals surface area (Å²) in [6.07, 6.45) is 0.808. The van der Waals surface area contributed by atoms with Crippen LogP contribution >= 0.6 is 12.2 Å². The molecule has 1 atom stereocenters. The van der Waals surface area contributed by atoms with E-state index < -0.39 is 0 Å². The minimum Gasteiger partial charge on any atom is -0.375 e. The molecule has 0 aromatic heterocycles. The van der Waals surface area contributed by atoms with Crippen LogP contribution in [0.5, 0.6) is 0 Å². The van der Waals surface area contributed by atoms with Crippen molar-refractivity contribution in [2.45, 2.75) is 33.2 Å². The highest BCUT2D eigenvalue weighted by Gasteiger charge is 2.30. The molecule has 23 heavy (non-hydrogen) atoms. The van der Waals surface area contributed by atoms with E-state index in [1.165, 1.54) is 22.3 Å². The second-order valence-corrected chi connectivity index (χ2v) is 6.58. The maximum Gasteiger partial charge on any atom is 0.187 e. The normalized spacial score (nSPS) is 17.3. The standard InChI is InChI=1S/C19H21N3S/c1-12-4-7-15(8-5-12)18-11-17(21-22(18)19(20)23)16-9-6-13(2)14(3)10-16/h4-10,18H,11H2,1-3H3,(H2,20,23). The summed E-state index contributed by atoms with van der Waals surface area (Å²) in [6.45, 7) is 6.32. The Labute approximate surface area is 142 Å². The van der Waals surface area contributed by atoms with Gasteiger partial charge >= 0.3 is 0 Å². The molecule has 118 valence electrons. The molecule has 2 N–H and O–H groups in total. The summed E-state index contributed by atoms with van der Waals surface area (Å²) >= 11 is 5.20. The third-order valence-electron chi connectivity index (χ3n) is 4.44. The third-order valence-corrected chi connectivity index (χ3v) is 4.63. The van der Waals surface area contributed by atoms with Crippen molar-refractivity contribution in [3.05, 3.63) is 70.3 Å². The van der Waals surface area contributed by atoms with Gasteiger partial charge in [-0.2, -0.15) is 5.10 Å². The molecule has 0 radical (unpaired) electrons.